The van der Waals surface area contributed by atoms with E-state index in [0.29, 0.717) is 5.56 Å². The van der Waals surface area contributed by atoms with E-state index in [2.05, 4.69) is 145 Å². The van der Waals surface area contributed by atoms with Crippen LogP contribution in [0.4, 0.5) is 4.39 Å². The maximum absolute atomic E-state index is 12.9. The van der Waals surface area contributed by atoms with Crippen LogP contribution in [0.15, 0.2) is 156 Å². The summed E-state index contributed by atoms with van der Waals surface area (Å²) in [6.45, 7) is 3.97. The maximum Gasteiger partial charge on any atom is 0.121 e. The van der Waals surface area contributed by atoms with Gasteiger partial charge in [-0.15, -0.1) is 48.0 Å². The van der Waals surface area contributed by atoms with Gasteiger partial charge in [-0.05, 0) is 113 Å². The predicted molar refractivity (Wildman–Crippen MR) is 247 cm³/mol. The van der Waals surface area contributed by atoms with Gasteiger partial charge in [-0.25, -0.2) is 0 Å². The van der Waals surface area contributed by atoms with Crippen molar-refractivity contribution in [1.29, 1.82) is 0 Å². The maximum atomic E-state index is 12.9. The molecule has 0 aliphatic heterocycles. The first kappa shape index (κ1) is 35.1. The molecule has 6 aromatic carbocycles. The normalized spacial score (nSPS) is 13.1. The average Bonchev–Trinajstić information content (AvgIpc) is 3.90. The number of hydrogen-bond donors (Lipinski definition) is 0. The van der Waals surface area contributed by atoms with Gasteiger partial charge in [-0.2, -0.15) is 0 Å². The van der Waals surface area contributed by atoms with Crippen molar-refractivity contribution in [1.82, 2.24) is 19.5 Å². The molecule has 0 saturated carbocycles. The Labute approximate surface area is 384 Å². The molecule has 1 radical (unpaired) electrons. The van der Waals surface area contributed by atoms with E-state index < -0.39 is 19.5 Å². The standard InChI is InChI=1S/C42H34N3O.C13H11FN.Ir/c1-26(2)35-23-31(28-11-6-5-7-12-28)24-36(27(3)4)40(35)45-38-16-9-8-15-37(38)44-42(45)34-14-10-13-33-32-18-17-30(25-39(32)46-41(33)34)29-19-21-43-22-20-29;1-9-7-13(15-8-10(9)2)11-3-5-12(14)6-4-11;/h5-13,15-27H,1-4H3;3,5-8H,1-2H3;/q2*-1;/i;1D3,2D3;. The average molecular weight is 995 g/mol. The van der Waals surface area contributed by atoms with Crippen molar-refractivity contribution in [3.63, 3.8) is 0 Å². The molecular formula is C55H45FIrN4O-2. The van der Waals surface area contributed by atoms with E-state index in [1.54, 1.807) is 0 Å². The van der Waals surface area contributed by atoms with E-state index in [0.717, 1.165) is 67.7 Å². The van der Waals surface area contributed by atoms with Gasteiger partial charge in [0, 0.05) is 63.8 Å². The second-order valence-corrected chi connectivity index (χ2v) is 15.6. The summed E-state index contributed by atoms with van der Waals surface area (Å²) in [6.07, 6.45) is 4.67. The number of fused-ring (bicyclic) bond motifs is 4. The van der Waals surface area contributed by atoms with Gasteiger partial charge >= 0.3 is 0 Å². The van der Waals surface area contributed by atoms with Crippen LogP contribution in [-0.2, 0) is 20.1 Å². The minimum atomic E-state index is -2.58. The minimum Gasteiger partial charge on any atom is -0.501 e. The van der Waals surface area contributed by atoms with E-state index >= 15 is 0 Å². The van der Waals surface area contributed by atoms with Gasteiger partial charge in [0.25, 0.3) is 0 Å². The summed E-state index contributed by atoms with van der Waals surface area (Å²) < 4.78 is 66.5. The molecule has 4 heterocycles. The molecule has 0 spiro atoms. The largest absolute Gasteiger partial charge is 0.501 e. The van der Waals surface area contributed by atoms with Crippen LogP contribution in [0, 0.1) is 31.7 Å². The third kappa shape index (κ3) is 8.14. The van der Waals surface area contributed by atoms with Crippen LogP contribution in [0.5, 0.6) is 0 Å². The number of furan rings is 1. The predicted octanol–water partition coefficient (Wildman–Crippen LogP) is 14.7. The summed E-state index contributed by atoms with van der Waals surface area (Å²) in [5.74, 6) is 0.913. The Balaban J connectivity index is 0.000000240. The van der Waals surface area contributed by atoms with E-state index in [4.69, 9.17) is 17.6 Å². The van der Waals surface area contributed by atoms with Crippen molar-refractivity contribution < 1.29 is 37.1 Å². The molecular weight excluding hydrogens is 944 g/mol. The van der Waals surface area contributed by atoms with Crippen molar-refractivity contribution in [3.8, 4) is 50.6 Å². The van der Waals surface area contributed by atoms with Gasteiger partial charge in [-0.1, -0.05) is 105 Å². The van der Waals surface area contributed by atoms with Crippen molar-refractivity contribution >= 4 is 33.0 Å². The molecule has 0 aliphatic carbocycles. The zero-order valence-electron chi connectivity index (χ0n) is 40.5. The van der Waals surface area contributed by atoms with Crippen LogP contribution in [0.25, 0.3) is 83.6 Å². The third-order valence-electron chi connectivity index (χ3n) is 10.9. The van der Waals surface area contributed by atoms with E-state index in [1.807, 2.05) is 30.6 Å². The van der Waals surface area contributed by atoms with Gasteiger partial charge in [0.05, 0.1) is 22.4 Å². The van der Waals surface area contributed by atoms with Crippen molar-refractivity contribution in [3.05, 3.63) is 192 Å². The number of benzene rings is 6. The fourth-order valence-corrected chi connectivity index (χ4v) is 7.84. The molecule has 0 saturated heterocycles. The van der Waals surface area contributed by atoms with Crippen LogP contribution in [0.1, 0.15) is 70.0 Å². The molecule has 7 heteroatoms. The first-order valence-corrected chi connectivity index (χ1v) is 20.2. The number of hydrogen-bond acceptors (Lipinski definition) is 4. The minimum absolute atomic E-state index is 0. The molecule has 309 valence electrons. The molecule has 5 nitrogen and oxygen atoms in total. The monoisotopic (exact) mass is 995 g/mol. The third-order valence-corrected chi connectivity index (χ3v) is 10.9. The Bertz CT molecular complexity index is 3370. The van der Waals surface area contributed by atoms with Gasteiger partial charge in [0.1, 0.15) is 5.58 Å². The Kier molecular flexibility index (Phi) is 10.1. The van der Waals surface area contributed by atoms with Crippen LogP contribution < -0.4 is 0 Å². The van der Waals surface area contributed by atoms with Crippen LogP contribution >= 0.6 is 0 Å². The first-order chi connectivity index (χ1) is 32.1. The van der Waals surface area contributed by atoms with E-state index in [1.165, 1.54) is 46.1 Å². The molecule has 0 aliphatic rings. The molecule has 0 atom stereocenters. The molecule has 62 heavy (non-hydrogen) atoms. The number of rotatable bonds is 7. The summed E-state index contributed by atoms with van der Waals surface area (Å²) in [5, 5.41) is 2.12. The second-order valence-electron chi connectivity index (χ2n) is 15.6. The van der Waals surface area contributed by atoms with Crippen LogP contribution in [0.2, 0.25) is 0 Å². The molecule has 10 aromatic rings. The van der Waals surface area contributed by atoms with Crippen LogP contribution in [-0.4, -0.2) is 19.5 Å². The number of pyridine rings is 2. The second kappa shape index (κ2) is 17.8. The quantitative estimate of drug-likeness (QED) is 0.149. The Morgan fingerprint density at radius 3 is 2.13 bits per heavy atom. The number of nitrogens with zero attached hydrogens (tertiary/aromatic N) is 4. The van der Waals surface area contributed by atoms with Gasteiger partial charge in [-0.3, -0.25) is 14.4 Å². The van der Waals surface area contributed by atoms with Gasteiger partial charge < -0.3 is 14.0 Å². The van der Waals surface area contributed by atoms with Gasteiger partial charge in [0.15, 0.2) is 0 Å². The molecule has 0 N–H and O–H groups in total. The molecule has 0 fully saturated rings. The summed E-state index contributed by atoms with van der Waals surface area (Å²) in [4.78, 5) is 13.4. The Morgan fingerprint density at radius 1 is 0.694 bits per heavy atom. The number of aromatic nitrogens is 4. The topological polar surface area (TPSA) is 56.7 Å². The fraction of sp³-hybridized carbons (Fsp3) is 0.145. The summed E-state index contributed by atoms with van der Waals surface area (Å²) >= 11 is 0. The zero-order valence-corrected chi connectivity index (χ0v) is 36.9. The molecule has 10 rings (SSSR count). The Hall–Kier alpha value is -6.53. The summed E-state index contributed by atoms with van der Waals surface area (Å²) in [7, 11) is 0. The van der Waals surface area contributed by atoms with Crippen molar-refractivity contribution in [2.75, 3.05) is 0 Å². The fourth-order valence-electron chi connectivity index (χ4n) is 7.84. The summed E-state index contributed by atoms with van der Waals surface area (Å²) in [5.41, 5.74) is 12.9. The molecule has 0 bridgehead atoms. The SMILES string of the molecule is CC(C)c1cc(-c2ccccc2)cc(C(C)C)c1-n1c(-c2[c-]ccc3c2oc2cc(-c4ccncc4)ccc23)nc2ccccc21.[2H]C([2H])([2H])c1cnc(-c2[c-]cc(F)cc2)cc1C([2H])([2H])[2H].[Ir]. The van der Waals surface area contributed by atoms with Crippen LogP contribution in [0.3, 0.4) is 0 Å². The number of halogens is 1. The molecule has 0 amide bonds. The first-order valence-electron chi connectivity index (χ1n) is 23.2. The van der Waals surface area contributed by atoms with Crippen molar-refractivity contribution in [2.45, 2.75) is 53.2 Å². The molecule has 4 aromatic heterocycles. The van der Waals surface area contributed by atoms with E-state index in [-0.39, 0.29) is 48.8 Å². The number of aryl methyl sites for hydroxylation is 2. The Morgan fingerprint density at radius 2 is 1.42 bits per heavy atom. The zero-order chi connectivity index (χ0) is 47.2. The van der Waals surface area contributed by atoms with Crippen molar-refractivity contribution in [2.24, 2.45) is 0 Å². The smallest absolute Gasteiger partial charge is 0.121 e. The number of para-hydroxylation sites is 2. The number of imidazole rings is 1. The molecule has 0 unspecified atom stereocenters. The summed E-state index contributed by atoms with van der Waals surface area (Å²) in [6, 6.07) is 49.5. The van der Waals surface area contributed by atoms with E-state index in [9.17, 15) is 4.39 Å². The van der Waals surface area contributed by atoms with Gasteiger partial charge in [0.2, 0.25) is 0 Å².